The number of pyridine rings is 1. The Labute approximate surface area is 202 Å². The standard InChI is InChI=1S/C24H30BrN7O/c1-4-30-12-14-31(15-13-30)19-9-7-18(8-10-19)27-24-26-16-20(25)22(29-24)28-21-6-5-11-32(17(2)3)23(21)33/h5-11,16-17H,4,12-15H2,1-3H3,(H2,26,27,28,29). The molecule has 0 spiro atoms. The lowest BCUT2D eigenvalue weighted by Gasteiger charge is -2.35. The Bertz CT molecular complexity index is 1140. The van der Waals surface area contributed by atoms with Gasteiger partial charge in [-0.1, -0.05) is 6.92 Å². The average molecular weight is 512 g/mol. The smallest absolute Gasteiger partial charge is 0.274 e. The van der Waals surface area contributed by atoms with Gasteiger partial charge in [-0.05, 0) is 72.7 Å². The number of anilines is 5. The first kappa shape index (κ1) is 23.3. The first-order valence-corrected chi connectivity index (χ1v) is 12.1. The molecule has 0 atom stereocenters. The third-order valence-corrected chi connectivity index (χ3v) is 6.42. The molecule has 2 N–H and O–H groups in total. The van der Waals surface area contributed by atoms with Crippen LogP contribution < -0.4 is 21.1 Å². The molecule has 174 valence electrons. The summed E-state index contributed by atoms with van der Waals surface area (Å²) in [7, 11) is 0. The van der Waals surface area contributed by atoms with Gasteiger partial charge in [-0.2, -0.15) is 4.98 Å². The highest BCUT2D eigenvalue weighted by atomic mass is 79.9. The van der Waals surface area contributed by atoms with Crippen molar-refractivity contribution in [2.75, 3.05) is 48.3 Å². The number of halogens is 1. The summed E-state index contributed by atoms with van der Waals surface area (Å²) in [5, 5.41) is 6.40. The quantitative estimate of drug-likeness (QED) is 0.479. The maximum Gasteiger partial charge on any atom is 0.274 e. The number of nitrogens with zero attached hydrogens (tertiary/aromatic N) is 5. The minimum absolute atomic E-state index is 0.0730. The molecule has 8 nitrogen and oxygen atoms in total. The van der Waals surface area contributed by atoms with E-state index < -0.39 is 0 Å². The van der Waals surface area contributed by atoms with Crippen molar-refractivity contribution in [2.24, 2.45) is 0 Å². The van der Waals surface area contributed by atoms with Crippen LogP contribution in [0.3, 0.4) is 0 Å². The van der Waals surface area contributed by atoms with E-state index in [0.29, 0.717) is 21.9 Å². The van der Waals surface area contributed by atoms with Crippen LogP contribution in [-0.2, 0) is 0 Å². The van der Waals surface area contributed by atoms with Crippen LogP contribution in [0.5, 0.6) is 0 Å². The molecule has 0 saturated carbocycles. The highest BCUT2D eigenvalue weighted by Crippen LogP contribution is 2.25. The van der Waals surface area contributed by atoms with Crippen LogP contribution in [0.4, 0.5) is 28.8 Å². The minimum Gasteiger partial charge on any atom is -0.369 e. The second-order valence-electron chi connectivity index (χ2n) is 8.34. The number of rotatable bonds is 7. The Hall–Kier alpha value is -2.91. The molecule has 3 heterocycles. The summed E-state index contributed by atoms with van der Waals surface area (Å²) in [5.74, 6) is 0.974. The highest BCUT2D eigenvalue weighted by molar-refractivity contribution is 9.10. The number of benzene rings is 1. The lowest BCUT2D eigenvalue weighted by Crippen LogP contribution is -2.46. The van der Waals surface area contributed by atoms with Crippen LogP contribution in [-0.4, -0.2) is 52.2 Å². The van der Waals surface area contributed by atoms with E-state index in [-0.39, 0.29) is 11.6 Å². The topological polar surface area (TPSA) is 78.3 Å². The molecule has 1 saturated heterocycles. The summed E-state index contributed by atoms with van der Waals surface area (Å²) in [4.78, 5) is 26.5. The Morgan fingerprint density at radius 2 is 1.79 bits per heavy atom. The van der Waals surface area contributed by atoms with Crippen molar-refractivity contribution in [1.82, 2.24) is 19.4 Å². The van der Waals surface area contributed by atoms with Crippen molar-refractivity contribution in [3.8, 4) is 0 Å². The second-order valence-corrected chi connectivity index (χ2v) is 9.19. The maximum atomic E-state index is 12.7. The van der Waals surface area contributed by atoms with Crippen LogP contribution in [0.15, 0.2) is 58.1 Å². The fourth-order valence-electron chi connectivity index (χ4n) is 3.86. The number of nitrogens with one attached hydrogen (secondary N) is 2. The number of hydrogen-bond donors (Lipinski definition) is 2. The Morgan fingerprint density at radius 3 is 2.45 bits per heavy atom. The summed E-state index contributed by atoms with van der Waals surface area (Å²) in [6.45, 7) is 11.6. The van der Waals surface area contributed by atoms with E-state index >= 15 is 0 Å². The Kier molecular flexibility index (Phi) is 7.29. The first-order valence-electron chi connectivity index (χ1n) is 11.3. The van der Waals surface area contributed by atoms with Crippen LogP contribution in [0.2, 0.25) is 0 Å². The molecule has 1 fully saturated rings. The third-order valence-electron chi connectivity index (χ3n) is 5.84. The van der Waals surface area contributed by atoms with Gasteiger partial charge in [-0.15, -0.1) is 0 Å². The van der Waals surface area contributed by atoms with E-state index in [0.717, 1.165) is 38.4 Å². The second kappa shape index (κ2) is 10.4. The predicted octanol–water partition coefficient (Wildman–Crippen LogP) is 4.61. The summed E-state index contributed by atoms with van der Waals surface area (Å²) in [6.07, 6.45) is 3.46. The van der Waals surface area contributed by atoms with Crippen molar-refractivity contribution < 1.29 is 0 Å². The van der Waals surface area contributed by atoms with Gasteiger partial charge in [0.15, 0.2) is 5.82 Å². The lowest BCUT2D eigenvalue weighted by molar-refractivity contribution is 0.271. The molecule has 9 heteroatoms. The Morgan fingerprint density at radius 1 is 1.06 bits per heavy atom. The van der Waals surface area contributed by atoms with Crippen molar-refractivity contribution in [2.45, 2.75) is 26.8 Å². The maximum absolute atomic E-state index is 12.7. The van der Waals surface area contributed by atoms with Crippen molar-refractivity contribution in [3.05, 3.63) is 63.6 Å². The van der Waals surface area contributed by atoms with E-state index in [1.165, 1.54) is 5.69 Å². The van der Waals surface area contributed by atoms with Gasteiger partial charge in [0.1, 0.15) is 5.69 Å². The molecule has 33 heavy (non-hydrogen) atoms. The van der Waals surface area contributed by atoms with Crippen molar-refractivity contribution in [3.63, 3.8) is 0 Å². The number of piperazine rings is 1. The lowest BCUT2D eigenvalue weighted by atomic mass is 10.2. The SMILES string of the molecule is CCN1CCN(c2ccc(Nc3ncc(Br)c(Nc4cccn(C(C)C)c4=O)n3)cc2)CC1. The zero-order valence-electron chi connectivity index (χ0n) is 19.3. The largest absolute Gasteiger partial charge is 0.369 e. The molecule has 1 aliphatic heterocycles. The van der Waals surface area contributed by atoms with Crippen LogP contribution in [0, 0.1) is 0 Å². The molecule has 0 bridgehead atoms. The molecule has 0 amide bonds. The monoisotopic (exact) mass is 511 g/mol. The molecule has 1 aromatic carbocycles. The molecule has 4 rings (SSSR count). The van der Waals surface area contributed by atoms with Crippen LogP contribution in [0.1, 0.15) is 26.8 Å². The molecular weight excluding hydrogens is 482 g/mol. The molecule has 0 unspecified atom stereocenters. The molecule has 3 aromatic rings. The number of likely N-dealkylation sites (N-methyl/N-ethyl adjacent to an activating group) is 1. The van der Waals surface area contributed by atoms with Crippen molar-refractivity contribution >= 4 is 44.8 Å². The molecule has 2 aromatic heterocycles. The molecule has 1 aliphatic rings. The van der Waals surface area contributed by atoms with Crippen LogP contribution in [0.25, 0.3) is 0 Å². The molecule has 0 aliphatic carbocycles. The highest BCUT2D eigenvalue weighted by Gasteiger charge is 2.16. The summed E-state index contributed by atoms with van der Waals surface area (Å²) < 4.78 is 2.36. The van der Waals surface area contributed by atoms with Gasteiger partial charge in [0, 0.05) is 56.0 Å². The van der Waals surface area contributed by atoms with Gasteiger partial charge in [-0.3, -0.25) is 4.79 Å². The normalized spacial score (nSPS) is 14.5. The van der Waals surface area contributed by atoms with E-state index in [2.05, 4.69) is 65.4 Å². The van der Waals surface area contributed by atoms with E-state index in [1.54, 1.807) is 23.0 Å². The zero-order valence-corrected chi connectivity index (χ0v) is 20.8. The summed E-state index contributed by atoms with van der Waals surface area (Å²) in [5.41, 5.74) is 2.49. The Balaban J connectivity index is 1.46. The third kappa shape index (κ3) is 5.54. The summed E-state index contributed by atoms with van der Waals surface area (Å²) in [6, 6.07) is 12.0. The van der Waals surface area contributed by atoms with E-state index in [9.17, 15) is 4.79 Å². The minimum atomic E-state index is -0.0946. The van der Waals surface area contributed by atoms with Gasteiger partial charge in [0.25, 0.3) is 5.56 Å². The van der Waals surface area contributed by atoms with Gasteiger partial charge in [-0.25, -0.2) is 4.98 Å². The predicted molar refractivity (Wildman–Crippen MR) is 138 cm³/mol. The van der Waals surface area contributed by atoms with E-state index in [4.69, 9.17) is 0 Å². The first-order chi connectivity index (χ1) is 15.9. The fraction of sp³-hybridized carbons (Fsp3) is 0.375. The number of aromatic nitrogens is 3. The average Bonchev–Trinajstić information content (AvgIpc) is 2.83. The van der Waals surface area contributed by atoms with Gasteiger partial charge >= 0.3 is 0 Å². The van der Waals surface area contributed by atoms with E-state index in [1.807, 2.05) is 32.0 Å². The van der Waals surface area contributed by atoms with Crippen LogP contribution >= 0.6 is 15.9 Å². The molecule has 0 radical (unpaired) electrons. The van der Waals surface area contributed by atoms with Gasteiger partial charge in [0.05, 0.1) is 4.47 Å². The van der Waals surface area contributed by atoms with Gasteiger partial charge < -0.3 is 25.0 Å². The number of hydrogen-bond acceptors (Lipinski definition) is 7. The molecular formula is C24H30BrN7O. The van der Waals surface area contributed by atoms with Crippen molar-refractivity contribution in [1.29, 1.82) is 0 Å². The summed E-state index contributed by atoms with van der Waals surface area (Å²) >= 11 is 3.48. The fourth-order valence-corrected chi connectivity index (χ4v) is 4.15. The van der Waals surface area contributed by atoms with Gasteiger partial charge in [0.2, 0.25) is 5.95 Å². The zero-order chi connectivity index (χ0) is 23.4.